The Labute approximate surface area is 67.6 Å². The second-order valence-corrected chi connectivity index (χ2v) is 3.12. The molecular weight excluding hydrogens is 138 g/mol. The fraction of sp³-hybridized carbons (Fsp3) is 0.667. The van der Waals surface area contributed by atoms with E-state index in [-0.39, 0.29) is 0 Å². The number of aryl methyl sites for hydroxylation is 1. The monoisotopic (exact) mass is 153 g/mol. The van der Waals surface area contributed by atoms with Crippen LogP contribution >= 0.6 is 0 Å². The van der Waals surface area contributed by atoms with Crippen LogP contribution in [0.5, 0.6) is 0 Å². The molecule has 0 aromatic carbocycles. The Kier molecular flexibility index (Phi) is 2.69. The van der Waals surface area contributed by atoms with Crippen molar-refractivity contribution in [3.05, 3.63) is 17.5 Å². The topological polar surface area (TPSA) is 26.0 Å². The van der Waals surface area contributed by atoms with Gasteiger partial charge in [0.05, 0.1) is 5.69 Å². The van der Waals surface area contributed by atoms with Crippen LogP contribution in [-0.4, -0.2) is 5.16 Å². The SMILES string of the molecule is CCCc1nocc1C(C)C. The molecule has 0 saturated heterocycles. The van der Waals surface area contributed by atoms with E-state index in [0.29, 0.717) is 5.92 Å². The zero-order chi connectivity index (χ0) is 8.27. The molecule has 0 radical (unpaired) electrons. The molecule has 0 saturated carbocycles. The van der Waals surface area contributed by atoms with Crippen molar-refractivity contribution < 1.29 is 4.52 Å². The Hall–Kier alpha value is -0.790. The summed E-state index contributed by atoms with van der Waals surface area (Å²) in [4.78, 5) is 0. The lowest BCUT2D eigenvalue weighted by Gasteiger charge is -2.01. The molecule has 0 amide bonds. The highest BCUT2D eigenvalue weighted by Crippen LogP contribution is 2.18. The van der Waals surface area contributed by atoms with Crippen LogP contribution in [0.15, 0.2) is 10.8 Å². The third-order valence-electron chi connectivity index (χ3n) is 1.78. The van der Waals surface area contributed by atoms with Gasteiger partial charge in [0.25, 0.3) is 0 Å². The molecule has 1 aromatic heterocycles. The fourth-order valence-electron chi connectivity index (χ4n) is 1.16. The normalized spacial score (nSPS) is 10.9. The highest BCUT2D eigenvalue weighted by molar-refractivity contribution is 5.18. The lowest BCUT2D eigenvalue weighted by atomic mass is 10.0. The standard InChI is InChI=1S/C9H15NO/c1-4-5-9-8(7(2)3)6-11-10-9/h6-7H,4-5H2,1-3H3. The van der Waals surface area contributed by atoms with E-state index >= 15 is 0 Å². The molecule has 11 heavy (non-hydrogen) atoms. The van der Waals surface area contributed by atoms with Crippen LogP contribution in [-0.2, 0) is 6.42 Å². The minimum atomic E-state index is 0.530. The van der Waals surface area contributed by atoms with Gasteiger partial charge in [0, 0.05) is 5.56 Å². The fourth-order valence-corrected chi connectivity index (χ4v) is 1.16. The van der Waals surface area contributed by atoms with E-state index in [0.717, 1.165) is 18.5 Å². The van der Waals surface area contributed by atoms with Gasteiger partial charge in [-0.05, 0) is 12.3 Å². The van der Waals surface area contributed by atoms with Gasteiger partial charge in [-0.2, -0.15) is 0 Å². The largest absolute Gasteiger partial charge is 0.364 e. The van der Waals surface area contributed by atoms with Gasteiger partial charge in [-0.25, -0.2) is 0 Å². The van der Waals surface area contributed by atoms with Crippen LogP contribution in [0.4, 0.5) is 0 Å². The molecule has 0 spiro atoms. The smallest absolute Gasteiger partial charge is 0.127 e. The average Bonchev–Trinajstić information content (AvgIpc) is 2.36. The second-order valence-electron chi connectivity index (χ2n) is 3.12. The van der Waals surface area contributed by atoms with Gasteiger partial charge in [-0.1, -0.05) is 32.3 Å². The molecule has 0 aliphatic heterocycles. The van der Waals surface area contributed by atoms with Crippen LogP contribution in [0, 0.1) is 0 Å². The van der Waals surface area contributed by atoms with Crippen molar-refractivity contribution >= 4 is 0 Å². The Bertz CT molecular complexity index is 215. The molecule has 0 bridgehead atoms. The average molecular weight is 153 g/mol. The molecule has 1 aromatic rings. The minimum absolute atomic E-state index is 0.530. The molecule has 0 N–H and O–H groups in total. The Balaban J connectivity index is 2.78. The zero-order valence-electron chi connectivity index (χ0n) is 7.42. The third-order valence-corrected chi connectivity index (χ3v) is 1.78. The summed E-state index contributed by atoms with van der Waals surface area (Å²) >= 11 is 0. The van der Waals surface area contributed by atoms with Crippen molar-refractivity contribution in [1.82, 2.24) is 5.16 Å². The van der Waals surface area contributed by atoms with E-state index in [4.69, 9.17) is 4.52 Å². The van der Waals surface area contributed by atoms with E-state index in [1.54, 1.807) is 6.26 Å². The summed E-state index contributed by atoms with van der Waals surface area (Å²) in [7, 11) is 0. The molecule has 2 heteroatoms. The Morgan fingerprint density at radius 3 is 2.82 bits per heavy atom. The Morgan fingerprint density at radius 1 is 1.55 bits per heavy atom. The predicted octanol–water partition coefficient (Wildman–Crippen LogP) is 2.75. The van der Waals surface area contributed by atoms with Gasteiger partial charge in [0.2, 0.25) is 0 Å². The van der Waals surface area contributed by atoms with Gasteiger partial charge in [0.15, 0.2) is 0 Å². The maximum Gasteiger partial charge on any atom is 0.127 e. The second kappa shape index (κ2) is 3.56. The van der Waals surface area contributed by atoms with Gasteiger partial charge < -0.3 is 4.52 Å². The van der Waals surface area contributed by atoms with Crippen molar-refractivity contribution in [3.8, 4) is 0 Å². The number of aromatic nitrogens is 1. The third kappa shape index (κ3) is 1.82. The summed E-state index contributed by atoms with van der Waals surface area (Å²) < 4.78 is 4.91. The van der Waals surface area contributed by atoms with Crippen LogP contribution in [0.1, 0.15) is 44.4 Å². The summed E-state index contributed by atoms with van der Waals surface area (Å²) in [6.07, 6.45) is 3.92. The zero-order valence-corrected chi connectivity index (χ0v) is 7.42. The minimum Gasteiger partial charge on any atom is -0.364 e. The van der Waals surface area contributed by atoms with Crippen molar-refractivity contribution in [2.75, 3.05) is 0 Å². The number of hydrogen-bond donors (Lipinski definition) is 0. The molecular formula is C9H15NO. The molecule has 1 heterocycles. The van der Waals surface area contributed by atoms with E-state index in [1.807, 2.05) is 0 Å². The maximum atomic E-state index is 4.91. The quantitative estimate of drug-likeness (QED) is 0.667. The summed E-state index contributed by atoms with van der Waals surface area (Å²) in [5.74, 6) is 0.530. The summed E-state index contributed by atoms with van der Waals surface area (Å²) in [6.45, 7) is 6.47. The molecule has 0 atom stereocenters. The number of nitrogens with zero attached hydrogens (tertiary/aromatic N) is 1. The summed E-state index contributed by atoms with van der Waals surface area (Å²) in [5.41, 5.74) is 2.38. The lowest BCUT2D eigenvalue weighted by Crippen LogP contribution is -1.92. The van der Waals surface area contributed by atoms with Gasteiger partial charge >= 0.3 is 0 Å². The Morgan fingerprint density at radius 2 is 2.27 bits per heavy atom. The van der Waals surface area contributed by atoms with Crippen LogP contribution < -0.4 is 0 Å². The highest BCUT2D eigenvalue weighted by Gasteiger charge is 2.09. The number of rotatable bonds is 3. The molecule has 0 aliphatic rings. The molecule has 0 aliphatic carbocycles. The number of hydrogen-bond acceptors (Lipinski definition) is 2. The van der Waals surface area contributed by atoms with Gasteiger partial charge in [-0.3, -0.25) is 0 Å². The first-order valence-corrected chi connectivity index (χ1v) is 4.18. The van der Waals surface area contributed by atoms with Crippen molar-refractivity contribution in [3.63, 3.8) is 0 Å². The molecule has 62 valence electrons. The van der Waals surface area contributed by atoms with Gasteiger partial charge in [0.1, 0.15) is 6.26 Å². The summed E-state index contributed by atoms with van der Waals surface area (Å²) in [5, 5.41) is 3.95. The van der Waals surface area contributed by atoms with Crippen molar-refractivity contribution in [2.45, 2.75) is 39.5 Å². The molecule has 1 rings (SSSR count). The first kappa shape index (κ1) is 8.31. The van der Waals surface area contributed by atoms with Crippen LogP contribution in [0.25, 0.3) is 0 Å². The van der Waals surface area contributed by atoms with Gasteiger partial charge in [-0.15, -0.1) is 0 Å². The van der Waals surface area contributed by atoms with E-state index in [1.165, 1.54) is 5.56 Å². The highest BCUT2D eigenvalue weighted by atomic mass is 16.5. The summed E-state index contributed by atoms with van der Waals surface area (Å²) in [6, 6.07) is 0. The van der Waals surface area contributed by atoms with E-state index in [9.17, 15) is 0 Å². The van der Waals surface area contributed by atoms with E-state index < -0.39 is 0 Å². The predicted molar refractivity (Wildman–Crippen MR) is 44.6 cm³/mol. The van der Waals surface area contributed by atoms with Crippen LogP contribution in [0.2, 0.25) is 0 Å². The molecule has 0 fully saturated rings. The maximum absolute atomic E-state index is 4.91. The van der Waals surface area contributed by atoms with Crippen LogP contribution in [0.3, 0.4) is 0 Å². The lowest BCUT2D eigenvalue weighted by molar-refractivity contribution is 0.410. The van der Waals surface area contributed by atoms with Crippen molar-refractivity contribution in [2.24, 2.45) is 0 Å². The molecule has 0 unspecified atom stereocenters. The van der Waals surface area contributed by atoms with Crippen molar-refractivity contribution in [1.29, 1.82) is 0 Å². The van der Waals surface area contributed by atoms with E-state index in [2.05, 4.69) is 25.9 Å². The first-order chi connectivity index (χ1) is 5.25. The first-order valence-electron chi connectivity index (χ1n) is 4.18. The molecule has 2 nitrogen and oxygen atoms in total.